The van der Waals surface area contributed by atoms with Crippen LogP contribution in [0.2, 0.25) is 0 Å². The summed E-state index contributed by atoms with van der Waals surface area (Å²) in [4.78, 5) is 12.0. The summed E-state index contributed by atoms with van der Waals surface area (Å²) in [7, 11) is -3.47. The van der Waals surface area contributed by atoms with E-state index in [0.29, 0.717) is 0 Å². The average molecular weight is 305 g/mol. The van der Waals surface area contributed by atoms with Crippen LogP contribution in [0.15, 0.2) is 5.16 Å². The lowest BCUT2D eigenvalue weighted by atomic mass is 9.83. The van der Waals surface area contributed by atoms with E-state index >= 15 is 0 Å². The largest absolute Gasteiger partial charge is 0.409 e. The van der Waals surface area contributed by atoms with E-state index in [4.69, 9.17) is 10.9 Å². The smallest absolute Gasteiger partial charge is 0.238 e. The van der Waals surface area contributed by atoms with E-state index in [9.17, 15) is 13.2 Å². The van der Waals surface area contributed by atoms with Gasteiger partial charge in [-0.25, -0.2) is 8.42 Å². The van der Waals surface area contributed by atoms with E-state index in [-0.39, 0.29) is 11.8 Å². The van der Waals surface area contributed by atoms with Crippen LogP contribution in [0.3, 0.4) is 0 Å². The summed E-state index contributed by atoms with van der Waals surface area (Å²) < 4.78 is 22.8. The molecule has 0 aromatic rings. The standard InChI is InChI=1S/C12H23N3O4S/c1-8(20(2,18)19)12(16)14-10(11(13)15-17)9-6-4-3-5-7-9/h8-10,17H,3-7H2,1-2H3,(H2,13,15)(H,14,16). The Morgan fingerprint density at radius 2 is 1.90 bits per heavy atom. The van der Waals surface area contributed by atoms with E-state index in [1.54, 1.807) is 0 Å². The SMILES string of the molecule is CC(C(=O)NC(C(N)=NO)C1CCCCC1)S(C)(=O)=O. The van der Waals surface area contributed by atoms with Gasteiger partial charge in [-0.15, -0.1) is 0 Å². The number of nitrogens with one attached hydrogen (secondary N) is 1. The lowest BCUT2D eigenvalue weighted by molar-refractivity contribution is -0.121. The van der Waals surface area contributed by atoms with Crippen molar-refractivity contribution < 1.29 is 18.4 Å². The zero-order valence-electron chi connectivity index (χ0n) is 11.9. The molecule has 0 aliphatic heterocycles. The molecular formula is C12H23N3O4S. The first kappa shape index (κ1) is 16.7. The van der Waals surface area contributed by atoms with Crippen molar-refractivity contribution in [1.29, 1.82) is 0 Å². The predicted molar refractivity (Wildman–Crippen MR) is 76.2 cm³/mol. The van der Waals surface area contributed by atoms with Gasteiger partial charge in [-0.3, -0.25) is 4.79 Å². The van der Waals surface area contributed by atoms with Crippen molar-refractivity contribution in [2.45, 2.75) is 50.3 Å². The highest BCUT2D eigenvalue weighted by atomic mass is 32.2. The molecule has 1 aliphatic rings. The summed E-state index contributed by atoms with van der Waals surface area (Å²) in [5.74, 6) is -0.615. The Morgan fingerprint density at radius 1 is 1.35 bits per heavy atom. The Morgan fingerprint density at radius 3 is 2.35 bits per heavy atom. The molecule has 2 unspecified atom stereocenters. The van der Waals surface area contributed by atoms with Gasteiger partial charge in [0.25, 0.3) is 0 Å². The quantitative estimate of drug-likeness (QED) is 0.290. The Labute approximate surface area is 119 Å². The second-order valence-electron chi connectivity index (χ2n) is 5.38. The summed E-state index contributed by atoms with van der Waals surface area (Å²) >= 11 is 0. The van der Waals surface area contributed by atoms with Gasteiger partial charge in [-0.2, -0.15) is 0 Å². The molecule has 0 radical (unpaired) electrons. The van der Waals surface area contributed by atoms with E-state index in [1.165, 1.54) is 6.92 Å². The molecule has 20 heavy (non-hydrogen) atoms. The predicted octanol–water partition coefficient (Wildman–Crippen LogP) is 0.231. The molecule has 7 nitrogen and oxygen atoms in total. The van der Waals surface area contributed by atoms with Gasteiger partial charge in [-0.1, -0.05) is 24.4 Å². The lowest BCUT2D eigenvalue weighted by Crippen LogP contribution is -2.52. The summed E-state index contributed by atoms with van der Waals surface area (Å²) in [5.41, 5.74) is 5.64. The second kappa shape index (κ2) is 6.92. The second-order valence-corrected chi connectivity index (χ2v) is 7.75. The van der Waals surface area contributed by atoms with Gasteiger partial charge in [0.15, 0.2) is 15.7 Å². The molecule has 0 heterocycles. The van der Waals surface area contributed by atoms with E-state index in [1.807, 2.05) is 0 Å². The van der Waals surface area contributed by atoms with E-state index in [2.05, 4.69) is 10.5 Å². The van der Waals surface area contributed by atoms with Crippen LogP contribution < -0.4 is 11.1 Å². The van der Waals surface area contributed by atoms with E-state index in [0.717, 1.165) is 38.4 Å². The fourth-order valence-electron chi connectivity index (χ4n) is 2.43. The van der Waals surface area contributed by atoms with Gasteiger partial charge in [0.1, 0.15) is 5.25 Å². The molecule has 0 spiro atoms. The molecule has 1 aliphatic carbocycles. The Kier molecular flexibility index (Phi) is 5.79. The molecular weight excluding hydrogens is 282 g/mol. The van der Waals surface area contributed by atoms with Crippen LogP contribution in [0.25, 0.3) is 0 Å². The van der Waals surface area contributed by atoms with E-state index < -0.39 is 27.0 Å². The van der Waals surface area contributed by atoms with Gasteiger partial charge in [0.2, 0.25) is 5.91 Å². The molecule has 1 rings (SSSR count). The van der Waals surface area contributed by atoms with Crippen LogP contribution in [0, 0.1) is 5.92 Å². The van der Waals surface area contributed by atoms with Crippen molar-refractivity contribution in [2.24, 2.45) is 16.8 Å². The zero-order chi connectivity index (χ0) is 15.3. The highest BCUT2D eigenvalue weighted by Gasteiger charge is 2.32. The Hall–Kier alpha value is -1.31. The number of amides is 1. The third-order valence-electron chi connectivity index (χ3n) is 3.86. The summed E-state index contributed by atoms with van der Waals surface area (Å²) in [6.07, 6.45) is 5.93. The zero-order valence-corrected chi connectivity index (χ0v) is 12.7. The molecule has 0 aromatic heterocycles. The normalized spacial score (nSPS) is 21.2. The molecule has 0 bridgehead atoms. The first-order valence-corrected chi connectivity index (χ1v) is 8.69. The maximum Gasteiger partial charge on any atom is 0.238 e. The van der Waals surface area contributed by atoms with Crippen molar-refractivity contribution in [2.75, 3.05) is 6.26 Å². The van der Waals surface area contributed by atoms with Crippen molar-refractivity contribution in [3.05, 3.63) is 0 Å². The monoisotopic (exact) mass is 305 g/mol. The summed E-state index contributed by atoms with van der Waals surface area (Å²) in [6, 6.07) is -0.614. The van der Waals surface area contributed by atoms with Gasteiger partial charge >= 0.3 is 0 Å². The molecule has 2 atom stereocenters. The molecule has 4 N–H and O–H groups in total. The number of nitrogens with zero attached hydrogens (tertiary/aromatic N) is 1. The highest BCUT2D eigenvalue weighted by Crippen LogP contribution is 2.26. The van der Waals surface area contributed by atoms with Crippen LogP contribution in [-0.2, 0) is 14.6 Å². The molecule has 1 saturated carbocycles. The highest BCUT2D eigenvalue weighted by molar-refractivity contribution is 7.92. The average Bonchev–Trinajstić information content (AvgIpc) is 2.42. The number of hydrogen-bond donors (Lipinski definition) is 3. The topological polar surface area (TPSA) is 122 Å². The van der Waals surface area contributed by atoms with Gasteiger partial charge in [0.05, 0.1) is 6.04 Å². The number of amidine groups is 1. The number of nitrogens with two attached hydrogens (primary N) is 1. The molecule has 1 fully saturated rings. The van der Waals surface area contributed by atoms with Crippen molar-refractivity contribution in [3.8, 4) is 0 Å². The lowest BCUT2D eigenvalue weighted by Gasteiger charge is -2.30. The van der Waals surface area contributed by atoms with Crippen molar-refractivity contribution in [3.63, 3.8) is 0 Å². The Bertz CT molecular complexity index is 469. The summed E-state index contributed by atoms with van der Waals surface area (Å²) in [6.45, 7) is 1.33. The molecule has 0 saturated heterocycles. The third-order valence-corrected chi connectivity index (χ3v) is 5.36. The fourth-order valence-corrected chi connectivity index (χ4v) is 2.88. The van der Waals surface area contributed by atoms with Crippen LogP contribution in [0.4, 0.5) is 0 Å². The summed E-state index contributed by atoms with van der Waals surface area (Å²) in [5, 5.41) is 13.3. The number of carbonyl (C=O) groups excluding carboxylic acids is 1. The minimum atomic E-state index is -3.47. The molecule has 116 valence electrons. The van der Waals surface area contributed by atoms with Crippen LogP contribution in [-0.4, -0.2) is 42.9 Å². The van der Waals surface area contributed by atoms with Gasteiger partial charge < -0.3 is 16.3 Å². The number of rotatable bonds is 5. The number of hydrogen-bond acceptors (Lipinski definition) is 5. The number of carbonyl (C=O) groups is 1. The minimum Gasteiger partial charge on any atom is -0.409 e. The van der Waals surface area contributed by atoms with Crippen LogP contribution in [0.5, 0.6) is 0 Å². The molecule has 0 aromatic carbocycles. The molecule has 1 amide bonds. The Balaban J connectivity index is 2.82. The maximum absolute atomic E-state index is 12.0. The molecule has 8 heteroatoms. The first-order chi connectivity index (χ1) is 9.27. The fraction of sp³-hybridized carbons (Fsp3) is 0.833. The minimum absolute atomic E-state index is 0.0778. The number of sulfone groups is 1. The van der Waals surface area contributed by atoms with Gasteiger partial charge in [-0.05, 0) is 25.7 Å². The first-order valence-electron chi connectivity index (χ1n) is 6.74. The van der Waals surface area contributed by atoms with Gasteiger partial charge in [0, 0.05) is 6.26 Å². The van der Waals surface area contributed by atoms with Crippen LogP contribution in [0.1, 0.15) is 39.0 Å². The van der Waals surface area contributed by atoms with Crippen molar-refractivity contribution in [1.82, 2.24) is 5.32 Å². The third kappa shape index (κ3) is 4.36. The maximum atomic E-state index is 12.0. The van der Waals surface area contributed by atoms with Crippen LogP contribution >= 0.6 is 0 Å². The van der Waals surface area contributed by atoms with Crippen molar-refractivity contribution >= 4 is 21.6 Å². The number of oxime groups is 1.